The van der Waals surface area contributed by atoms with Gasteiger partial charge in [-0.2, -0.15) is 0 Å². The van der Waals surface area contributed by atoms with Crippen LogP contribution in [0.2, 0.25) is 0 Å². The number of amides is 2. The summed E-state index contributed by atoms with van der Waals surface area (Å²) >= 11 is 0. The third-order valence-electron chi connectivity index (χ3n) is 5.42. The number of rotatable bonds is 6. The van der Waals surface area contributed by atoms with Crippen LogP contribution in [-0.4, -0.2) is 23.9 Å². The lowest BCUT2D eigenvalue weighted by Gasteiger charge is -2.27. The molecular formula is C23H30N3O2+. The summed E-state index contributed by atoms with van der Waals surface area (Å²) < 4.78 is 0. The molecule has 0 radical (unpaired) electrons. The fraction of sp³-hybridized carbons (Fsp3) is 0.391. The van der Waals surface area contributed by atoms with Gasteiger partial charge in [-0.1, -0.05) is 68.4 Å². The van der Waals surface area contributed by atoms with Crippen LogP contribution in [0.25, 0.3) is 0 Å². The molecular weight excluding hydrogens is 350 g/mol. The molecule has 2 amide bonds. The molecule has 1 aliphatic heterocycles. The highest BCUT2D eigenvalue weighted by atomic mass is 16.2. The number of carbonyl (C=O) groups is 2. The van der Waals surface area contributed by atoms with Crippen molar-refractivity contribution >= 4 is 11.8 Å². The number of hydrogen-bond acceptors (Lipinski definition) is 2. The van der Waals surface area contributed by atoms with Crippen molar-refractivity contribution in [3.63, 3.8) is 0 Å². The molecule has 1 aliphatic rings. The lowest BCUT2D eigenvalue weighted by Crippen LogP contribution is -2.93. The summed E-state index contributed by atoms with van der Waals surface area (Å²) in [4.78, 5) is 25.7. The molecule has 0 fully saturated rings. The number of hydrogen-bond donors (Lipinski definition) is 3. The molecule has 0 aromatic heterocycles. The standard InChI is InChI=1S/C23H29N3O2/c1-15(2)21(23(28)25-16(3)17-9-5-4-6-10-17)26-22(27)20-13-18-11-7-8-12-19(18)14-24-20/h4-12,15-16,20-21,24H,13-14H2,1-3H3,(H,25,28)(H,26,27)/p+1/t16-,20-,21-/m0/s1. The molecule has 0 bridgehead atoms. The molecule has 148 valence electrons. The molecule has 0 unspecified atom stereocenters. The van der Waals surface area contributed by atoms with Gasteiger partial charge in [0.15, 0.2) is 6.04 Å². The maximum Gasteiger partial charge on any atom is 0.279 e. The van der Waals surface area contributed by atoms with Gasteiger partial charge < -0.3 is 16.0 Å². The highest BCUT2D eigenvalue weighted by Gasteiger charge is 2.32. The third kappa shape index (κ3) is 4.78. The molecule has 1 heterocycles. The van der Waals surface area contributed by atoms with Crippen molar-refractivity contribution in [3.8, 4) is 0 Å². The number of nitrogens with one attached hydrogen (secondary N) is 2. The van der Waals surface area contributed by atoms with E-state index in [9.17, 15) is 9.59 Å². The summed E-state index contributed by atoms with van der Waals surface area (Å²) in [5, 5.41) is 8.08. The van der Waals surface area contributed by atoms with E-state index in [4.69, 9.17) is 0 Å². The molecule has 4 N–H and O–H groups in total. The molecule has 2 aromatic rings. The predicted molar refractivity (Wildman–Crippen MR) is 109 cm³/mol. The van der Waals surface area contributed by atoms with E-state index in [1.165, 1.54) is 11.1 Å². The predicted octanol–water partition coefficient (Wildman–Crippen LogP) is 1.69. The Labute approximate surface area is 166 Å². The molecule has 0 saturated heterocycles. The Morgan fingerprint density at radius 3 is 2.25 bits per heavy atom. The van der Waals surface area contributed by atoms with Crippen LogP contribution in [0.4, 0.5) is 0 Å². The molecule has 5 nitrogen and oxygen atoms in total. The van der Waals surface area contributed by atoms with Crippen molar-refractivity contribution in [1.82, 2.24) is 10.6 Å². The minimum atomic E-state index is -0.552. The average molecular weight is 381 g/mol. The van der Waals surface area contributed by atoms with Gasteiger partial charge in [0.05, 0.1) is 6.04 Å². The van der Waals surface area contributed by atoms with E-state index in [2.05, 4.69) is 28.1 Å². The number of carbonyl (C=O) groups excluding carboxylic acids is 2. The van der Waals surface area contributed by atoms with Crippen LogP contribution in [0.1, 0.15) is 43.5 Å². The van der Waals surface area contributed by atoms with E-state index >= 15 is 0 Å². The Morgan fingerprint density at radius 1 is 0.929 bits per heavy atom. The largest absolute Gasteiger partial charge is 0.348 e. The topological polar surface area (TPSA) is 74.8 Å². The molecule has 0 saturated carbocycles. The minimum Gasteiger partial charge on any atom is -0.348 e. The first-order valence-electron chi connectivity index (χ1n) is 10.0. The van der Waals surface area contributed by atoms with Gasteiger partial charge in [0.1, 0.15) is 12.6 Å². The maximum atomic E-state index is 12.9. The zero-order chi connectivity index (χ0) is 20.1. The smallest absolute Gasteiger partial charge is 0.279 e. The normalized spacial score (nSPS) is 18.1. The number of quaternary nitrogens is 1. The molecule has 3 rings (SSSR count). The monoisotopic (exact) mass is 380 g/mol. The van der Waals surface area contributed by atoms with E-state index in [0.29, 0.717) is 6.42 Å². The zero-order valence-corrected chi connectivity index (χ0v) is 16.8. The van der Waals surface area contributed by atoms with Crippen LogP contribution >= 0.6 is 0 Å². The second-order valence-corrected chi connectivity index (χ2v) is 7.89. The second kappa shape index (κ2) is 9.02. The van der Waals surface area contributed by atoms with Gasteiger partial charge in [0.25, 0.3) is 5.91 Å². The van der Waals surface area contributed by atoms with Crippen LogP contribution in [0.15, 0.2) is 54.6 Å². The van der Waals surface area contributed by atoms with Crippen LogP contribution in [0.3, 0.4) is 0 Å². The summed E-state index contributed by atoms with van der Waals surface area (Å²) in [6.45, 7) is 6.66. The molecule has 0 aliphatic carbocycles. The fourth-order valence-electron chi connectivity index (χ4n) is 3.67. The van der Waals surface area contributed by atoms with E-state index in [1.807, 2.05) is 63.2 Å². The van der Waals surface area contributed by atoms with Crippen LogP contribution in [-0.2, 0) is 22.6 Å². The van der Waals surface area contributed by atoms with Crippen molar-refractivity contribution in [2.45, 2.75) is 51.9 Å². The van der Waals surface area contributed by atoms with Crippen molar-refractivity contribution in [2.75, 3.05) is 0 Å². The second-order valence-electron chi connectivity index (χ2n) is 7.89. The van der Waals surface area contributed by atoms with Gasteiger partial charge in [-0.25, -0.2) is 0 Å². The van der Waals surface area contributed by atoms with Crippen molar-refractivity contribution in [3.05, 3.63) is 71.3 Å². The highest BCUT2D eigenvalue weighted by molar-refractivity contribution is 5.89. The summed E-state index contributed by atoms with van der Waals surface area (Å²) in [7, 11) is 0. The molecule has 3 atom stereocenters. The first-order chi connectivity index (χ1) is 13.5. The first-order valence-corrected chi connectivity index (χ1v) is 10.0. The van der Waals surface area contributed by atoms with Gasteiger partial charge in [-0.15, -0.1) is 0 Å². The average Bonchev–Trinajstić information content (AvgIpc) is 2.71. The van der Waals surface area contributed by atoms with E-state index in [-0.39, 0.29) is 29.8 Å². The van der Waals surface area contributed by atoms with E-state index < -0.39 is 6.04 Å². The zero-order valence-electron chi connectivity index (χ0n) is 16.8. The van der Waals surface area contributed by atoms with E-state index in [0.717, 1.165) is 12.1 Å². The van der Waals surface area contributed by atoms with Gasteiger partial charge in [-0.3, -0.25) is 9.59 Å². The van der Waals surface area contributed by atoms with Gasteiger partial charge in [0, 0.05) is 12.0 Å². The quantitative estimate of drug-likeness (QED) is 0.713. The lowest BCUT2D eigenvalue weighted by molar-refractivity contribution is -0.695. The number of fused-ring (bicyclic) bond motifs is 1. The first kappa shape index (κ1) is 20.1. The SMILES string of the molecule is CC(C)[C@H](NC(=O)[C@@H]1Cc2ccccc2C[NH2+]1)C(=O)N[C@@H](C)c1ccccc1. The Hall–Kier alpha value is -2.66. The van der Waals surface area contributed by atoms with Crippen molar-refractivity contribution in [1.29, 1.82) is 0 Å². The lowest BCUT2D eigenvalue weighted by atomic mass is 9.94. The Kier molecular flexibility index (Phi) is 6.47. The minimum absolute atomic E-state index is 0.00259. The third-order valence-corrected chi connectivity index (χ3v) is 5.42. The van der Waals surface area contributed by atoms with Crippen molar-refractivity contribution in [2.24, 2.45) is 5.92 Å². The summed E-state index contributed by atoms with van der Waals surface area (Å²) in [6.07, 6.45) is 0.689. The molecule has 2 aromatic carbocycles. The van der Waals surface area contributed by atoms with Gasteiger partial charge in [0.2, 0.25) is 5.91 Å². The van der Waals surface area contributed by atoms with Crippen LogP contribution in [0, 0.1) is 5.92 Å². The van der Waals surface area contributed by atoms with Gasteiger partial charge in [-0.05, 0) is 24.0 Å². The number of nitrogens with two attached hydrogens (primary N) is 1. The van der Waals surface area contributed by atoms with Crippen molar-refractivity contribution < 1.29 is 14.9 Å². The number of benzene rings is 2. The maximum absolute atomic E-state index is 12.9. The summed E-state index contributed by atoms with van der Waals surface area (Å²) in [5.74, 6) is -0.213. The highest BCUT2D eigenvalue weighted by Crippen LogP contribution is 2.14. The molecule has 0 spiro atoms. The summed E-state index contributed by atoms with van der Waals surface area (Å²) in [5.41, 5.74) is 3.54. The Bertz CT molecular complexity index is 820. The van der Waals surface area contributed by atoms with Crippen LogP contribution in [0.5, 0.6) is 0 Å². The fourth-order valence-corrected chi connectivity index (χ4v) is 3.67. The molecule has 28 heavy (non-hydrogen) atoms. The van der Waals surface area contributed by atoms with Gasteiger partial charge >= 0.3 is 0 Å². The van der Waals surface area contributed by atoms with Crippen LogP contribution < -0.4 is 16.0 Å². The molecule has 5 heteroatoms. The summed E-state index contributed by atoms with van der Waals surface area (Å²) in [6, 6.07) is 17.2. The Balaban J connectivity index is 1.62. The Morgan fingerprint density at radius 2 is 1.57 bits per heavy atom. The van der Waals surface area contributed by atoms with E-state index in [1.54, 1.807) is 0 Å².